The lowest BCUT2D eigenvalue weighted by Crippen LogP contribution is -1.95. The fourth-order valence-corrected chi connectivity index (χ4v) is 1.52. The van der Waals surface area contributed by atoms with Gasteiger partial charge in [-0.15, -0.1) is 0 Å². The molecule has 78 valence electrons. The van der Waals surface area contributed by atoms with Crippen LogP contribution in [0.1, 0.15) is 12.7 Å². The van der Waals surface area contributed by atoms with Crippen LogP contribution in [0.25, 0.3) is 11.4 Å². The average molecular weight is 202 g/mol. The maximum Gasteiger partial charge on any atom is 0.158 e. The highest BCUT2D eigenvalue weighted by Gasteiger charge is 2.07. The summed E-state index contributed by atoms with van der Waals surface area (Å²) >= 11 is 0. The molecule has 0 amide bonds. The topological polar surface area (TPSA) is 56.7 Å². The third-order valence-electron chi connectivity index (χ3n) is 2.27. The van der Waals surface area contributed by atoms with E-state index in [-0.39, 0.29) is 0 Å². The smallest absolute Gasteiger partial charge is 0.158 e. The van der Waals surface area contributed by atoms with Crippen LogP contribution in [0.2, 0.25) is 0 Å². The standard InChI is InChI=1S/C11H14N4/c1-3-10-13-11(15(2)14-10)8-5-4-6-9(12)7-8/h4-7H,3,12H2,1-2H3. The van der Waals surface area contributed by atoms with E-state index in [0.29, 0.717) is 0 Å². The number of benzene rings is 1. The summed E-state index contributed by atoms with van der Waals surface area (Å²) in [5, 5.41) is 4.30. The predicted molar refractivity (Wildman–Crippen MR) is 60.2 cm³/mol. The molecule has 0 bridgehead atoms. The van der Waals surface area contributed by atoms with Crippen molar-refractivity contribution in [2.24, 2.45) is 7.05 Å². The average Bonchev–Trinajstić information content (AvgIpc) is 2.60. The number of nitrogens with zero attached hydrogens (tertiary/aromatic N) is 3. The zero-order chi connectivity index (χ0) is 10.8. The minimum atomic E-state index is 0.744. The number of aromatic nitrogens is 3. The number of hydrogen-bond donors (Lipinski definition) is 1. The first-order valence-electron chi connectivity index (χ1n) is 4.96. The van der Waals surface area contributed by atoms with Crippen molar-refractivity contribution >= 4 is 5.69 Å². The van der Waals surface area contributed by atoms with Gasteiger partial charge in [-0.05, 0) is 12.1 Å². The van der Waals surface area contributed by atoms with Crippen LogP contribution in [-0.4, -0.2) is 14.8 Å². The molecular formula is C11H14N4. The van der Waals surface area contributed by atoms with Gasteiger partial charge in [-0.2, -0.15) is 5.10 Å². The van der Waals surface area contributed by atoms with Gasteiger partial charge >= 0.3 is 0 Å². The predicted octanol–water partition coefficient (Wildman–Crippen LogP) is 1.63. The van der Waals surface area contributed by atoms with E-state index in [1.807, 2.05) is 38.2 Å². The van der Waals surface area contributed by atoms with E-state index in [0.717, 1.165) is 29.3 Å². The second kappa shape index (κ2) is 3.73. The monoisotopic (exact) mass is 202 g/mol. The van der Waals surface area contributed by atoms with Gasteiger partial charge in [-0.1, -0.05) is 19.1 Å². The summed E-state index contributed by atoms with van der Waals surface area (Å²) in [6, 6.07) is 7.68. The summed E-state index contributed by atoms with van der Waals surface area (Å²) in [7, 11) is 1.89. The summed E-state index contributed by atoms with van der Waals surface area (Å²) < 4.78 is 1.79. The zero-order valence-electron chi connectivity index (χ0n) is 8.94. The molecule has 0 spiro atoms. The van der Waals surface area contributed by atoms with Crippen LogP contribution >= 0.6 is 0 Å². The van der Waals surface area contributed by atoms with Gasteiger partial charge < -0.3 is 5.73 Å². The lowest BCUT2D eigenvalue weighted by Gasteiger charge is -2.00. The van der Waals surface area contributed by atoms with Crippen molar-refractivity contribution in [3.8, 4) is 11.4 Å². The Labute approximate surface area is 88.8 Å². The summed E-state index contributed by atoms with van der Waals surface area (Å²) in [4.78, 5) is 4.44. The second-order valence-corrected chi connectivity index (χ2v) is 3.45. The van der Waals surface area contributed by atoms with Crippen LogP contribution < -0.4 is 5.73 Å². The molecule has 1 aromatic carbocycles. The highest BCUT2D eigenvalue weighted by atomic mass is 15.3. The van der Waals surface area contributed by atoms with Crippen molar-refractivity contribution < 1.29 is 0 Å². The Morgan fingerprint density at radius 2 is 2.20 bits per heavy atom. The summed E-state index contributed by atoms with van der Waals surface area (Å²) in [6.45, 7) is 2.04. The van der Waals surface area contributed by atoms with Crippen molar-refractivity contribution in [2.45, 2.75) is 13.3 Å². The van der Waals surface area contributed by atoms with Crippen molar-refractivity contribution in [2.75, 3.05) is 5.73 Å². The number of aryl methyl sites for hydroxylation is 2. The maximum atomic E-state index is 5.73. The molecule has 15 heavy (non-hydrogen) atoms. The Morgan fingerprint density at radius 1 is 1.40 bits per heavy atom. The van der Waals surface area contributed by atoms with Crippen molar-refractivity contribution in [3.63, 3.8) is 0 Å². The van der Waals surface area contributed by atoms with Gasteiger partial charge in [-0.25, -0.2) is 9.67 Å². The SMILES string of the molecule is CCc1nc(-c2cccc(N)c2)n(C)n1. The van der Waals surface area contributed by atoms with E-state index in [1.54, 1.807) is 4.68 Å². The van der Waals surface area contributed by atoms with Gasteiger partial charge in [-0.3, -0.25) is 0 Å². The lowest BCUT2D eigenvalue weighted by atomic mass is 10.2. The number of anilines is 1. The molecule has 0 aliphatic carbocycles. The fourth-order valence-electron chi connectivity index (χ4n) is 1.52. The molecule has 0 saturated heterocycles. The molecule has 1 heterocycles. The largest absolute Gasteiger partial charge is 0.399 e. The van der Waals surface area contributed by atoms with Gasteiger partial charge in [0.15, 0.2) is 11.6 Å². The van der Waals surface area contributed by atoms with Crippen LogP contribution in [0, 0.1) is 0 Å². The van der Waals surface area contributed by atoms with Gasteiger partial charge in [0.1, 0.15) is 0 Å². The van der Waals surface area contributed by atoms with Crippen LogP contribution in [0.15, 0.2) is 24.3 Å². The molecule has 2 rings (SSSR count). The Kier molecular flexibility index (Phi) is 2.41. The molecule has 4 nitrogen and oxygen atoms in total. The van der Waals surface area contributed by atoms with Crippen LogP contribution in [-0.2, 0) is 13.5 Å². The van der Waals surface area contributed by atoms with E-state index < -0.39 is 0 Å². The summed E-state index contributed by atoms with van der Waals surface area (Å²) in [5.74, 6) is 1.72. The Hall–Kier alpha value is -1.84. The third-order valence-corrected chi connectivity index (χ3v) is 2.27. The van der Waals surface area contributed by atoms with E-state index in [4.69, 9.17) is 5.73 Å². The van der Waals surface area contributed by atoms with E-state index in [1.165, 1.54) is 0 Å². The highest BCUT2D eigenvalue weighted by molar-refractivity contribution is 5.61. The fraction of sp³-hybridized carbons (Fsp3) is 0.273. The van der Waals surface area contributed by atoms with E-state index in [2.05, 4.69) is 10.1 Å². The van der Waals surface area contributed by atoms with Gasteiger partial charge in [0.2, 0.25) is 0 Å². The molecule has 0 aliphatic heterocycles. The normalized spacial score (nSPS) is 10.5. The quantitative estimate of drug-likeness (QED) is 0.753. The summed E-state index contributed by atoms with van der Waals surface area (Å²) in [6.07, 6.45) is 0.843. The molecular weight excluding hydrogens is 188 g/mol. The Balaban J connectivity index is 2.48. The van der Waals surface area contributed by atoms with Gasteiger partial charge in [0.05, 0.1) is 0 Å². The molecule has 2 aromatic rings. The van der Waals surface area contributed by atoms with Crippen LogP contribution in [0.3, 0.4) is 0 Å². The van der Waals surface area contributed by atoms with Gasteiger partial charge in [0.25, 0.3) is 0 Å². The number of nitrogen functional groups attached to an aromatic ring is 1. The van der Waals surface area contributed by atoms with E-state index >= 15 is 0 Å². The number of rotatable bonds is 2. The second-order valence-electron chi connectivity index (χ2n) is 3.45. The van der Waals surface area contributed by atoms with Gasteiger partial charge in [0, 0.05) is 24.7 Å². The minimum Gasteiger partial charge on any atom is -0.399 e. The maximum absolute atomic E-state index is 5.73. The first kappa shape index (κ1) is 9.71. The minimum absolute atomic E-state index is 0.744. The molecule has 0 unspecified atom stereocenters. The van der Waals surface area contributed by atoms with E-state index in [9.17, 15) is 0 Å². The zero-order valence-corrected chi connectivity index (χ0v) is 8.94. The highest BCUT2D eigenvalue weighted by Crippen LogP contribution is 2.18. The molecule has 0 atom stereocenters. The summed E-state index contributed by atoms with van der Waals surface area (Å²) in [5.41, 5.74) is 7.48. The molecule has 1 aromatic heterocycles. The first-order chi connectivity index (χ1) is 7.20. The molecule has 0 fully saturated rings. The molecule has 4 heteroatoms. The Bertz CT molecular complexity index is 473. The third kappa shape index (κ3) is 1.83. The number of hydrogen-bond acceptors (Lipinski definition) is 3. The van der Waals surface area contributed by atoms with Crippen molar-refractivity contribution in [3.05, 3.63) is 30.1 Å². The van der Waals surface area contributed by atoms with Crippen LogP contribution in [0.4, 0.5) is 5.69 Å². The molecule has 0 saturated carbocycles. The first-order valence-corrected chi connectivity index (χ1v) is 4.96. The lowest BCUT2D eigenvalue weighted by molar-refractivity contribution is 0.753. The van der Waals surface area contributed by atoms with Crippen molar-refractivity contribution in [1.82, 2.24) is 14.8 Å². The van der Waals surface area contributed by atoms with Crippen LogP contribution in [0.5, 0.6) is 0 Å². The number of nitrogens with two attached hydrogens (primary N) is 1. The Morgan fingerprint density at radius 3 is 2.80 bits per heavy atom. The molecule has 0 aliphatic rings. The molecule has 0 radical (unpaired) electrons. The van der Waals surface area contributed by atoms with Crippen molar-refractivity contribution in [1.29, 1.82) is 0 Å². The molecule has 2 N–H and O–H groups in total.